The maximum atomic E-state index is 11.7. The molecule has 0 spiro atoms. The molecule has 0 aliphatic heterocycles. The topological polar surface area (TPSA) is 74.6 Å². The summed E-state index contributed by atoms with van der Waals surface area (Å²) >= 11 is 0. The first kappa shape index (κ1) is 27.0. The monoisotopic (exact) mass is 370 g/mol. The Bertz CT molecular complexity index is 465. The second-order valence-corrected chi connectivity index (χ2v) is 5.75. The van der Waals surface area contributed by atoms with Crippen LogP contribution in [0.5, 0.6) is 0 Å². The van der Waals surface area contributed by atoms with E-state index >= 15 is 0 Å². The van der Waals surface area contributed by atoms with Gasteiger partial charge in [-0.1, -0.05) is 82.2 Å². The molecule has 0 aromatic heterocycles. The van der Waals surface area contributed by atoms with Gasteiger partial charge in [-0.3, -0.25) is 9.59 Å². The van der Waals surface area contributed by atoms with Gasteiger partial charge >= 0.3 is 92.9 Å². The third-order valence-corrected chi connectivity index (χ3v) is 4.15. The van der Waals surface area contributed by atoms with Crippen molar-refractivity contribution < 1.29 is 19.8 Å². The summed E-state index contributed by atoms with van der Waals surface area (Å²) in [6, 6.07) is 8.29. The Morgan fingerprint density at radius 2 is 1.33 bits per heavy atom. The van der Waals surface area contributed by atoms with Gasteiger partial charge < -0.3 is 10.2 Å². The number of carbonyl (C=O) groups is 2. The fourth-order valence-corrected chi connectivity index (χ4v) is 2.77. The molecule has 2 N–H and O–H groups in total. The first-order chi connectivity index (χ1) is 10.6. The first-order valence-corrected chi connectivity index (χ1v) is 8.08. The van der Waals surface area contributed by atoms with Crippen LogP contribution in [-0.4, -0.2) is 103 Å². The van der Waals surface area contributed by atoms with Gasteiger partial charge in [0, 0.05) is 0 Å². The van der Waals surface area contributed by atoms with Gasteiger partial charge in [0.05, 0.1) is 0 Å². The molecule has 126 valence electrons. The van der Waals surface area contributed by atoms with E-state index in [4.69, 9.17) is 0 Å². The van der Waals surface area contributed by atoms with Gasteiger partial charge in [0.1, 0.15) is 0 Å². The fraction of sp³-hybridized carbons (Fsp3) is 0.556. The zero-order valence-corrected chi connectivity index (χ0v) is 13.3. The van der Waals surface area contributed by atoms with E-state index in [0.717, 1.165) is 19.3 Å². The quantitative estimate of drug-likeness (QED) is 0.357. The van der Waals surface area contributed by atoms with Gasteiger partial charge in [-0.05, 0) is 12.0 Å². The van der Waals surface area contributed by atoms with Crippen molar-refractivity contribution in [2.45, 2.75) is 63.7 Å². The van der Waals surface area contributed by atoms with Gasteiger partial charge in [-0.25, -0.2) is 0 Å². The number of unbranched alkanes of at least 4 members (excludes halogenated alkanes) is 6. The molecule has 1 aromatic carbocycles. The summed E-state index contributed by atoms with van der Waals surface area (Å²) in [5, 5.41) is 19.1. The molecule has 0 bridgehead atoms. The van der Waals surface area contributed by atoms with E-state index < -0.39 is 17.4 Å². The Morgan fingerprint density at radius 1 is 0.875 bits per heavy atom. The Labute approximate surface area is 209 Å². The zero-order valence-electron chi connectivity index (χ0n) is 13.3. The molecular formula is C18H28KNaO4. The van der Waals surface area contributed by atoms with Crippen LogP contribution in [0, 0.1) is 0 Å². The molecule has 0 amide bonds. The van der Waals surface area contributed by atoms with Crippen molar-refractivity contribution in [1.29, 1.82) is 0 Å². The predicted octanol–water partition coefficient (Wildman–Crippen LogP) is 2.94. The van der Waals surface area contributed by atoms with Crippen molar-refractivity contribution in [2.75, 3.05) is 0 Å². The predicted molar refractivity (Wildman–Crippen MR) is 100 cm³/mol. The molecule has 0 unspecified atom stereocenters. The van der Waals surface area contributed by atoms with Gasteiger partial charge in [-0.15, -0.1) is 0 Å². The Kier molecular flexibility index (Phi) is 16.8. The third kappa shape index (κ3) is 8.00. The normalized spacial score (nSPS) is 10.4. The van der Waals surface area contributed by atoms with Crippen molar-refractivity contribution in [3.8, 4) is 0 Å². The molecule has 1 rings (SSSR count). The van der Waals surface area contributed by atoms with E-state index in [1.165, 1.54) is 19.3 Å². The maximum absolute atomic E-state index is 11.7. The average Bonchev–Trinajstić information content (AvgIpc) is 2.50. The summed E-state index contributed by atoms with van der Waals surface area (Å²) in [6.07, 6.45) is 7.38. The molecule has 0 radical (unpaired) electrons. The van der Waals surface area contributed by atoms with Crippen molar-refractivity contribution in [3.05, 3.63) is 35.9 Å². The SMILES string of the molecule is CCCCCCCCCC(C(=O)O)(C(=O)O)c1ccccc1.[KH].[NaH]. The summed E-state index contributed by atoms with van der Waals surface area (Å²) in [5.74, 6) is -2.56. The molecule has 0 heterocycles. The summed E-state index contributed by atoms with van der Waals surface area (Å²) in [6.45, 7) is 2.16. The third-order valence-electron chi connectivity index (χ3n) is 4.15. The summed E-state index contributed by atoms with van der Waals surface area (Å²) in [4.78, 5) is 23.4. The standard InChI is InChI=1S/C18H26O4.K.Na.2H/c1-2-3-4-5-6-7-11-14-18(16(19)20,17(21)22)15-12-9-8-10-13-15;;;;/h8-10,12-13H,2-7,11,14H2,1H3,(H,19,20)(H,21,22);;;;. The van der Waals surface area contributed by atoms with Crippen LogP contribution in [0.1, 0.15) is 63.9 Å². The summed E-state index contributed by atoms with van der Waals surface area (Å²) in [5.41, 5.74) is -1.48. The summed E-state index contributed by atoms with van der Waals surface area (Å²) in [7, 11) is 0. The number of benzene rings is 1. The van der Waals surface area contributed by atoms with E-state index in [2.05, 4.69) is 6.92 Å². The number of hydrogen-bond acceptors (Lipinski definition) is 2. The second kappa shape index (κ2) is 14.9. The Balaban J connectivity index is 0. The number of carboxylic acid groups (broad SMARTS) is 2. The molecule has 0 aliphatic rings. The fourth-order valence-electron chi connectivity index (χ4n) is 2.77. The molecule has 0 atom stereocenters. The molecule has 0 saturated heterocycles. The van der Waals surface area contributed by atoms with Gasteiger partial charge in [-0.2, -0.15) is 0 Å². The molecule has 0 fully saturated rings. The Hall–Kier alpha value is 0.796. The molecular weight excluding hydrogens is 342 g/mol. The summed E-state index contributed by atoms with van der Waals surface area (Å²) < 4.78 is 0. The minimum absolute atomic E-state index is 0. The molecule has 0 saturated carbocycles. The van der Waals surface area contributed by atoms with E-state index in [0.29, 0.717) is 12.0 Å². The van der Waals surface area contributed by atoms with Crippen LogP contribution < -0.4 is 0 Å². The van der Waals surface area contributed by atoms with Crippen molar-refractivity contribution in [1.82, 2.24) is 0 Å². The number of carboxylic acids is 2. The first-order valence-electron chi connectivity index (χ1n) is 8.08. The molecule has 24 heavy (non-hydrogen) atoms. The van der Waals surface area contributed by atoms with Crippen LogP contribution in [0.4, 0.5) is 0 Å². The van der Waals surface area contributed by atoms with Crippen LogP contribution in [0.3, 0.4) is 0 Å². The zero-order chi connectivity index (χ0) is 16.4. The minimum atomic E-state index is -1.83. The number of rotatable bonds is 11. The number of aliphatic carboxylic acids is 2. The van der Waals surface area contributed by atoms with E-state index in [9.17, 15) is 19.8 Å². The van der Waals surface area contributed by atoms with Crippen LogP contribution in [0.25, 0.3) is 0 Å². The molecule has 1 aromatic rings. The molecule has 6 heteroatoms. The molecule has 4 nitrogen and oxygen atoms in total. The van der Waals surface area contributed by atoms with Gasteiger partial charge in [0.15, 0.2) is 5.41 Å². The van der Waals surface area contributed by atoms with Crippen LogP contribution in [0.2, 0.25) is 0 Å². The number of hydrogen-bond donors (Lipinski definition) is 2. The second-order valence-electron chi connectivity index (χ2n) is 5.75. The average molecular weight is 371 g/mol. The van der Waals surface area contributed by atoms with E-state index in [1.54, 1.807) is 30.3 Å². The van der Waals surface area contributed by atoms with Crippen molar-refractivity contribution >= 4 is 92.9 Å². The van der Waals surface area contributed by atoms with Crippen LogP contribution in [0.15, 0.2) is 30.3 Å². The van der Waals surface area contributed by atoms with Crippen LogP contribution in [-0.2, 0) is 15.0 Å². The Morgan fingerprint density at radius 3 is 1.79 bits per heavy atom. The van der Waals surface area contributed by atoms with Gasteiger partial charge in [0.25, 0.3) is 0 Å². The van der Waals surface area contributed by atoms with Gasteiger partial charge in [0.2, 0.25) is 0 Å². The van der Waals surface area contributed by atoms with Crippen LogP contribution >= 0.6 is 0 Å². The molecule has 0 aliphatic carbocycles. The van der Waals surface area contributed by atoms with Crippen molar-refractivity contribution in [2.24, 2.45) is 0 Å². The van der Waals surface area contributed by atoms with E-state index in [1.807, 2.05) is 0 Å². The van der Waals surface area contributed by atoms with Crippen molar-refractivity contribution in [3.63, 3.8) is 0 Å². The van der Waals surface area contributed by atoms with E-state index in [-0.39, 0.29) is 87.4 Å².